The summed E-state index contributed by atoms with van der Waals surface area (Å²) in [6, 6.07) is 6.01. The average Bonchev–Trinajstić information content (AvgIpc) is 3.05. The molecule has 1 aromatic carbocycles. The van der Waals surface area contributed by atoms with Crippen LogP contribution in [0.25, 0.3) is 0 Å². The fourth-order valence-electron chi connectivity index (χ4n) is 2.14. The fourth-order valence-corrected chi connectivity index (χ4v) is 2.14. The number of hydrogen-bond donors (Lipinski definition) is 2. The third-order valence-electron chi connectivity index (χ3n) is 3.39. The standard InChI is InChI=1S/C17H18F2N2O3/c1-11(15-4-3-9-24-15)21-16(22)5-2-8-20-17(23)13-7-6-12(18)10-14(13)19/h3-4,6-7,9-11H,2,5,8H2,1H3,(H,20,23)(H,21,22)/t11-/m0/s1. The predicted molar refractivity (Wildman–Crippen MR) is 83.2 cm³/mol. The van der Waals surface area contributed by atoms with Crippen LogP contribution in [0.5, 0.6) is 0 Å². The first kappa shape index (κ1) is 17.7. The molecule has 2 amide bonds. The van der Waals surface area contributed by atoms with Gasteiger partial charge in [-0.05, 0) is 37.6 Å². The average molecular weight is 336 g/mol. The Morgan fingerprint density at radius 1 is 1.25 bits per heavy atom. The number of hydrogen-bond acceptors (Lipinski definition) is 3. The second kappa shape index (κ2) is 8.24. The second-order valence-corrected chi connectivity index (χ2v) is 5.29. The van der Waals surface area contributed by atoms with Crippen molar-refractivity contribution in [2.24, 2.45) is 0 Å². The number of amides is 2. The summed E-state index contributed by atoms with van der Waals surface area (Å²) in [5.41, 5.74) is -0.229. The summed E-state index contributed by atoms with van der Waals surface area (Å²) in [6.07, 6.45) is 2.13. The molecule has 5 nitrogen and oxygen atoms in total. The Labute approximate surface area is 138 Å². The minimum atomic E-state index is -0.919. The van der Waals surface area contributed by atoms with Crippen LogP contribution in [0.2, 0.25) is 0 Å². The van der Waals surface area contributed by atoms with E-state index in [9.17, 15) is 18.4 Å². The third-order valence-corrected chi connectivity index (χ3v) is 3.39. The largest absolute Gasteiger partial charge is 0.467 e. The number of nitrogens with one attached hydrogen (secondary N) is 2. The fraction of sp³-hybridized carbons (Fsp3) is 0.294. The van der Waals surface area contributed by atoms with Crippen molar-refractivity contribution in [2.75, 3.05) is 6.54 Å². The van der Waals surface area contributed by atoms with Gasteiger partial charge in [-0.1, -0.05) is 0 Å². The summed E-state index contributed by atoms with van der Waals surface area (Å²) in [7, 11) is 0. The molecule has 0 fully saturated rings. The molecule has 24 heavy (non-hydrogen) atoms. The Morgan fingerprint density at radius 2 is 2.04 bits per heavy atom. The molecule has 0 aliphatic rings. The molecule has 1 aromatic heterocycles. The van der Waals surface area contributed by atoms with Gasteiger partial charge in [0.05, 0.1) is 17.9 Å². The Balaban J connectivity index is 1.70. The van der Waals surface area contributed by atoms with Gasteiger partial charge in [-0.15, -0.1) is 0 Å². The van der Waals surface area contributed by atoms with E-state index < -0.39 is 17.5 Å². The van der Waals surface area contributed by atoms with Crippen LogP contribution >= 0.6 is 0 Å². The smallest absolute Gasteiger partial charge is 0.254 e. The molecule has 0 aliphatic heterocycles. The van der Waals surface area contributed by atoms with E-state index in [1.807, 2.05) is 0 Å². The summed E-state index contributed by atoms with van der Waals surface area (Å²) in [5.74, 6) is -1.83. The summed E-state index contributed by atoms with van der Waals surface area (Å²) < 4.78 is 31.4. The van der Waals surface area contributed by atoms with Gasteiger partial charge >= 0.3 is 0 Å². The summed E-state index contributed by atoms with van der Waals surface area (Å²) in [5, 5.41) is 5.27. The zero-order chi connectivity index (χ0) is 17.5. The maximum absolute atomic E-state index is 13.4. The molecule has 0 spiro atoms. The molecule has 7 heteroatoms. The Hall–Kier alpha value is -2.70. The molecular weight excluding hydrogens is 318 g/mol. The van der Waals surface area contributed by atoms with Crippen molar-refractivity contribution in [1.29, 1.82) is 0 Å². The van der Waals surface area contributed by atoms with Gasteiger partial charge in [-0.25, -0.2) is 8.78 Å². The van der Waals surface area contributed by atoms with Gasteiger partial charge in [0, 0.05) is 19.0 Å². The van der Waals surface area contributed by atoms with E-state index in [1.54, 1.807) is 19.1 Å². The summed E-state index contributed by atoms with van der Waals surface area (Å²) >= 11 is 0. The molecule has 0 bridgehead atoms. The van der Waals surface area contributed by atoms with Gasteiger partial charge in [0.15, 0.2) is 0 Å². The van der Waals surface area contributed by atoms with Crippen molar-refractivity contribution in [3.63, 3.8) is 0 Å². The molecule has 0 radical (unpaired) electrons. The van der Waals surface area contributed by atoms with Crippen molar-refractivity contribution < 1.29 is 22.8 Å². The van der Waals surface area contributed by atoms with E-state index in [1.165, 1.54) is 6.26 Å². The Morgan fingerprint density at radius 3 is 2.71 bits per heavy atom. The third kappa shape index (κ3) is 4.91. The van der Waals surface area contributed by atoms with Gasteiger partial charge in [0.25, 0.3) is 5.91 Å². The zero-order valence-electron chi connectivity index (χ0n) is 13.1. The maximum Gasteiger partial charge on any atom is 0.254 e. The molecule has 2 N–H and O–H groups in total. The predicted octanol–water partition coefficient (Wildman–Crippen LogP) is 2.95. The number of furan rings is 1. The lowest BCUT2D eigenvalue weighted by molar-refractivity contribution is -0.121. The summed E-state index contributed by atoms with van der Waals surface area (Å²) in [6.45, 7) is 2.01. The monoisotopic (exact) mass is 336 g/mol. The van der Waals surface area contributed by atoms with Gasteiger partial charge in [0.2, 0.25) is 5.91 Å². The van der Waals surface area contributed by atoms with Crippen LogP contribution in [0.15, 0.2) is 41.0 Å². The van der Waals surface area contributed by atoms with Crippen molar-refractivity contribution in [1.82, 2.24) is 10.6 Å². The van der Waals surface area contributed by atoms with Crippen molar-refractivity contribution in [3.8, 4) is 0 Å². The van der Waals surface area contributed by atoms with E-state index in [-0.39, 0.29) is 30.5 Å². The lowest BCUT2D eigenvalue weighted by Crippen LogP contribution is -2.29. The maximum atomic E-state index is 13.4. The van der Waals surface area contributed by atoms with Crippen LogP contribution < -0.4 is 10.6 Å². The molecule has 0 unspecified atom stereocenters. The van der Waals surface area contributed by atoms with Crippen molar-refractivity contribution in [3.05, 3.63) is 59.6 Å². The molecular formula is C17H18F2N2O3. The van der Waals surface area contributed by atoms with Crippen LogP contribution in [0.4, 0.5) is 8.78 Å². The first-order valence-electron chi connectivity index (χ1n) is 7.53. The minimum Gasteiger partial charge on any atom is -0.467 e. The molecule has 2 rings (SSSR count). The van der Waals surface area contributed by atoms with Gasteiger partial charge in [-0.3, -0.25) is 9.59 Å². The highest BCUT2D eigenvalue weighted by Gasteiger charge is 2.13. The SMILES string of the molecule is C[C@H](NC(=O)CCCNC(=O)c1ccc(F)cc1F)c1ccco1. The highest BCUT2D eigenvalue weighted by Crippen LogP contribution is 2.12. The molecule has 128 valence electrons. The van der Waals surface area contributed by atoms with Gasteiger partial charge in [-0.2, -0.15) is 0 Å². The van der Waals surface area contributed by atoms with E-state index in [0.29, 0.717) is 18.2 Å². The summed E-state index contributed by atoms with van der Waals surface area (Å²) in [4.78, 5) is 23.6. The van der Waals surface area contributed by atoms with E-state index in [2.05, 4.69) is 10.6 Å². The first-order valence-corrected chi connectivity index (χ1v) is 7.53. The highest BCUT2D eigenvalue weighted by molar-refractivity contribution is 5.94. The first-order chi connectivity index (χ1) is 11.5. The van der Waals surface area contributed by atoms with E-state index in [4.69, 9.17) is 4.42 Å². The highest BCUT2D eigenvalue weighted by atomic mass is 19.1. The molecule has 0 saturated carbocycles. The minimum absolute atomic E-state index is 0.180. The van der Waals surface area contributed by atoms with E-state index in [0.717, 1.165) is 12.1 Å². The zero-order valence-corrected chi connectivity index (χ0v) is 13.1. The van der Waals surface area contributed by atoms with Crippen LogP contribution in [0, 0.1) is 11.6 Å². The molecule has 0 aliphatic carbocycles. The van der Waals surface area contributed by atoms with E-state index >= 15 is 0 Å². The normalized spacial score (nSPS) is 11.8. The van der Waals surface area contributed by atoms with Crippen molar-refractivity contribution in [2.45, 2.75) is 25.8 Å². The Bertz CT molecular complexity index is 702. The quantitative estimate of drug-likeness (QED) is 0.764. The van der Waals surface area contributed by atoms with Gasteiger partial charge in [0.1, 0.15) is 17.4 Å². The lowest BCUT2D eigenvalue weighted by atomic mass is 10.2. The number of benzene rings is 1. The van der Waals surface area contributed by atoms with Gasteiger partial charge < -0.3 is 15.1 Å². The van der Waals surface area contributed by atoms with Crippen LogP contribution in [0.3, 0.4) is 0 Å². The van der Waals surface area contributed by atoms with Crippen molar-refractivity contribution >= 4 is 11.8 Å². The van der Waals surface area contributed by atoms with Crippen LogP contribution in [-0.2, 0) is 4.79 Å². The molecule has 1 atom stereocenters. The number of carbonyl (C=O) groups excluding carboxylic acids is 2. The second-order valence-electron chi connectivity index (χ2n) is 5.29. The van der Waals surface area contributed by atoms with Crippen LogP contribution in [-0.4, -0.2) is 18.4 Å². The number of carbonyl (C=O) groups is 2. The molecule has 2 aromatic rings. The van der Waals surface area contributed by atoms with Crippen LogP contribution in [0.1, 0.15) is 41.9 Å². The molecule has 1 heterocycles. The number of rotatable bonds is 7. The topological polar surface area (TPSA) is 71.3 Å². The molecule has 0 saturated heterocycles. The lowest BCUT2D eigenvalue weighted by Gasteiger charge is -2.11. The number of halogens is 2. The Kier molecular flexibility index (Phi) is 6.06.